The lowest BCUT2D eigenvalue weighted by atomic mass is 10.3. The van der Waals surface area contributed by atoms with Crippen LogP contribution in [-0.2, 0) is 13.1 Å². The molecule has 0 aliphatic rings. The van der Waals surface area contributed by atoms with Crippen LogP contribution in [0, 0.1) is 0 Å². The summed E-state index contributed by atoms with van der Waals surface area (Å²) in [7, 11) is 0. The predicted molar refractivity (Wildman–Crippen MR) is 67.7 cm³/mol. The maximum atomic E-state index is 12.1. The van der Waals surface area contributed by atoms with Crippen LogP contribution in [0.15, 0.2) is 24.3 Å². The van der Waals surface area contributed by atoms with Crippen molar-refractivity contribution in [2.45, 2.75) is 32.9 Å². The van der Waals surface area contributed by atoms with Crippen molar-refractivity contribution < 1.29 is 8.78 Å². The topological polar surface area (TPSA) is 29.9 Å². The summed E-state index contributed by atoms with van der Waals surface area (Å²) < 4.78 is 26.3. The van der Waals surface area contributed by atoms with Crippen LogP contribution in [-0.4, -0.2) is 22.5 Å². The molecule has 3 nitrogen and oxygen atoms in total. The Bertz CT molecular complexity index is 508. The zero-order valence-electron chi connectivity index (χ0n) is 10.4. The number of benzene rings is 1. The van der Waals surface area contributed by atoms with Crippen LogP contribution < -0.4 is 5.32 Å². The van der Waals surface area contributed by atoms with E-state index in [1.165, 1.54) is 0 Å². The van der Waals surface area contributed by atoms with E-state index < -0.39 is 6.43 Å². The van der Waals surface area contributed by atoms with Gasteiger partial charge in [-0.25, -0.2) is 13.8 Å². The normalized spacial score (nSPS) is 11.6. The van der Waals surface area contributed by atoms with Gasteiger partial charge in [0.15, 0.2) is 0 Å². The van der Waals surface area contributed by atoms with E-state index >= 15 is 0 Å². The van der Waals surface area contributed by atoms with Crippen molar-refractivity contribution in [3.05, 3.63) is 30.1 Å². The molecule has 98 valence electrons. The third-order valence-electron chi connectivity index (χ3n) is 2.76. The van der Waals surface area contributed by atoms with Crippen molar-refractivity contribution in [3.8, 4) is 0 Å². The Labute approximate surface area is 105 Å². The summed E-state index contributed by atoms with van der Waals surface area (Å²) in [5, 5.41) is 2.73. The lowest BCUT2D eigenvalue weighted by Crippen LogP contribution is -2.22. The fraction of sp³-hybridized carbons (Fsp3) is 0.462. The largest absolute Gasteiger partial charge is 0.327 e. The number of halogens is 2. The Hall–Kier alpha value is -1.49. The molecule has 0 amide bonds. The number of hydrogen-bond donors (Lipinski definition) is 1. The summed E-state index contributed by atoms with van der Waals surface area (Å²) in [4.78, 5) is 4.48. The number of alkyl halides is 2. The molecule has 0 spiro atoms. The molecule has 5 heteroatoms. The van der Waals surface area contributed by atoms with Crippen LogP contribution in [0.5, 0.6) is 0 Å². The average Bonchev–Trinajstić information content (AvgIpc) is 2.68. The first kappa shape index (κ1) is 13.0. The fourth-order valence-corrected chi connectivity index (χ4v) is 2.03. The maximum absolute atomic E-state index is 12.1. The molecular formula is C13H17F2N3. The molecule has 2 rings (SSSR count). The minimum atomic E-state index is -2.32. The number of aromatic nitrogens is 2. The first-order chi connectivity index (χ1) is 8.72. The van der Waals surface area contributed by atoms with Crippen molar-refractivity contribution in [1.29, 1.82) is 0 Å². The Morgan fingerprint density at radius 1 is 1.33 bits per heavy atom. The molecule has 1 aromatic carbocycles. The number of nitrogens with zero attached hydrogens (tertiary/aromatic N) is 2. The molecule has 2 aromatic rings. The Balaban J connectivity index is 2.22. The zero-order valence-corrected chi connectivity index (χ0v) is 10.4. The third kappa shape index (κ3) is 2.85. The SMILES string of the molecule is CCCn1c(CNCC(F)F)nc2ccccc21. The first-order valence-corrected chi connectivity index (χ1v) is 6.15. The molecule has 0 unspecified atom stereocenters. The minimum absolute atomic E-state index is 0.296. The van der Waals surface area contributed by atoms with E-state index in [1.807, 2.05) is 24.3 Å². The summed E-state index contributed by atoms with van der Waals surface area (Å²) in [6.45, 7) is 3.02. The van der Waals surface area contributed by atoms with Gasteiger partial charge in [0.2, 0.25) is 0 Å². The van der Waals surface area contributed by atoms with Crippen molar-refractivity contribution in [1.82, 2.24) is 14.9 Å². The van der Waals surface area contributed by atoms with Gasteiger partial charge in [-0.15, -0.1) is 0 Å². The molecule has 1 heterocycles. The lowest BCUT2D eigenvalue weighted by molar-refractivity contribution is 0.145. The van der Waals surface area contributed by atoms with Gasteiger partial charge in [-0.2, -0.15) is 0 Å². The van der Waals surface area contributed by atoms with E-state index in [0.29, 0.717) is 6.54 Å². The fourth-order valence-electron chi connectivity index (χ4n) is 2.03. The highest BCUT2D eigenvalue weighted by Crippen LogP contribution is 2.16. The van der Waals surface area contributed by atoms with E-state index in [2.05, 4.69) is 21.8 Å². The van der Waals surface area contributed by atoms with Crippen molar-refractivity contribution in [2.24, 2.45) is 0 Å². The molecule has 0 atom stereocenters. The zero-order chi connectivity index (χ0) is 13.0. The monoisotopic (exact) mass is 253 g/mol. The standard InChI is InChI=1S/C13H17F2N3/c1-2-7-18-11-6-4-3-5-10(11)17-13(18)9-16-8-12(14)15/h3-6,12,16H,2,7-9H2,1H3. The van der Waals surface area contributed by atoms with Gasteiger partial charge in [0.25, 0.3) is 6.43 Å². The number of imidazole rings is 1. The maximum Gasteiger partial charge on any atom is 0.250 e. The molecule has 0 saturated heterocycles. The molecule has 0 radical (unpaired) electrons. The number of para-hydroxylation sites is 2. The second kappa shape index (κ2) is 5.91. The molecule has 0 saturated carbocycles. The molecule has 0 aliphatic carbocycles. The molecule has 0 bridgehead atoms. The molecule has 0 fully saturated rings. The van der Waals surface area contributed by atoms with Gasteiger partial charge < -0.3 is 9.88 Å². The second-order valence-corrected chi connectivity index (χ2v) is 4.19. The van der Waals surface area contributed by atoms with Crippen LogP contribution in [0.4, 0.5) is 8.78 Å². The van der Waals surface area contributed by atoms with Crippen molar-refractivity contribution in [3.63, 3.8) is 0 Å². The Morgan fingerprint density at radius 3 is 2.83 bits per heavy atom. The second-order valence-electron chi connectivity index (χ2n) is 4.19. The van der Waals surface area contributed by atoms with Crippen LogP contribution in [0.3, 0.4) is 0 Å². The van der Waals surface area contributed by atoms with Gasteiger partial charge in [0.1, 0.15) is 5.82 Å². The van der Waals surface area contributed by atoms with Gasteiger partial charge in [-0.05, 0) is 18.6 Å². The van der Waals surface area contributed by atoms with Crippen LogP contribution in [0.1, 0.15) is 19.2 Å². The lowest BCUT2D eigenvalue weighted by Gasteiger charge is -2.08. The van der Waals surface area contributed by atoms with Crippen molar-refractivity contribution in [2.75, 3.05) is 6.54 Å². The van der Waals surface area contributed by atoms with E-state index in [9.17, 15) is 8.78 Å². The van der Waals surface area contributed by atoms with Crippen LogP contribution >= 0.6 is 0 Å². The highest BCUT2D eigenvalue weighted by atomic mass is 19.3. The van der Waals surface area contributed by atoms with Crippen LogP contribution in [0.25, 0.3) is 11.0 Å². The van der Waals surface area contributed by atoms with E-state index in [1.54, 1.807) is 0 Å². The van der Waals surface area contributed by atoms with Gasteiger partial charge in [-0.3, -0.25) is 0 Å². The van der Waals surface area contributed by atoms with Gasteiger partial charge in [0.05, 0.1) is 24.1 Å². The molecule has 18 heavy (non-hydrogen) atoms. The number of fused-ring (bicyclic) bond motifs is 1. The van der Waals surface area contributed by atoms with E-state index in [0.717, 1.165) is 29.8 Å². The number of rotatable bonds is 6. The first-order valence-electron chi connectivity index (χ1n) is 6.15. The highest BCUT2D eigenvalue weighted by molar-refractivity contribution is 5.75. The molecule has 1 aromatic heterocycles. The smallest absolute Gasteiger partial charge is 0.250 e. The average molecular weight is 253 g/mol. The quantitative estimate of drug-likeness (QED) is 0.858. The number of aryl methyl sites for hydroxylation is 1. The minimum Gasteiger partial charge on any atom is -0.327 e. The molecule has 1 N–H and O–H groups in total. The Morgan fingerprint density at radius 2 is 2.11 bits per heavy atom. The van der Waals surface area contributed by atoms with Gasteiger partial charge >= 0.3 is 0 Å². The summed E-state index contributed by atoms with van der Waals surface area (Å²) in [6, 6.07) is 7.85. The third-order valence-corrected chi connectivity index (χ3v) is 2.76. The predicted octanol–water partition coefficient (Wildman–Crippen LogP) is 2.80. The summed E-state index contributed by atoms with van der Waals surface area (Å²) in [5.74, 6) is 0.818. The number of nitrogens with one attached hydrogen (secondary N) is 1. The molecule has 0 aliphatic heterocycles. The van der Waals surface area contributed by atoms with Gasteiger partial charge in [0, 0.05) is 6.54 Å². The van der Waals surface area contributed by atoms with Gasteiger partial charge in [-0.1, -0.05) is 19.1 Å². The highest BCUT2D eigenvalue weighted by Gasteiger charge is 2.10. The Kier molecular flexibility index (Phi) is 4.25. The summed E-state index contributed by atoms with van der Waals surface area (Å²) in [6.07, 6.45) is -1.34. The molecular weight excluding hydrogens is 236 g/mol. The van der Waals surface area contributed by atoms with Crippen LogP contribution in [0.2, 0.25) is 0 Å². The number of hydrogen-bond acceptors (Lipinski definition) is 2. The van der Waals surface area contributed by atoms with E-state index in [4.69, 9.17) is 0 Å². The van der Waals surface area contributed by atoms with Crippen molar-refractivity contribution >= 4 is 11.0 Å². The summed E-state index contributed by atoms with van der Waals surface area (Å²) in [5.41, 5.74) is 1.98. The van der Waals surface area contributed by atoms with E-state index in [-0.39, 0.29) is 6.54 Å². The summed E-state index contributed by atoms with van der Waals surface area (Å²) >= 11 is 0.